The van der Waals surface area contributed by atoms with Crippen LogP contribution >= 0.6 is 0 Å². The number of piperidine rings is 1. The quantitative estimate of drug-likeness (QED) is 0.755. The highest BCUT2D eigenvalue weighted by Crippen LogP contribution is 2.35. The molecule has 1 saturated carbocycles. The molecule has 0 radical (unpaired) electrons. The molecule has 3 amide bonds. The topological polar surface area (TPSA) is 81.8 Å². The van der Waals surface area contributed by atoms with Gasteiger partial charge in [0.1, 0.15) is 6.04 Å². The molecule has 1 atom stereocenters. The first-order valence-corrected chi connectivity index (χ1v) is 10.3. The lowest BCUT2D eigenvalue weighted by molar-refractivity contribution is -0.136. The number of nitrogens with zero attached hydrogens (tertiary/aromatic N) is 2. The second kappa shape index (κ2) is 6.67. The molecule has 4 aliphatic rings. The zero-order chi connectivity index (χ0) is 19.3. The number of carbonyl (C=O) groups excluding carboxylic acids is 3. The van der Waals surface area contributed by atoms with E-state index in [9.17, 15) is 14.4 Å². The predicted octanol–water partition coefficient (Wildman–Crippen LogP) is 0.776. The van der Waals surface area contributed by atoms with Gasteiger partial charge in [-0.3, -0.25) is 24.6 Å². The molecule has 28 heavy (non-hydrogen) atoms. The van der Waals surface area contributed by atoms with Crippen molar-refractivity contribution in [1.29, 1.82) is 0 Å². The lowest BCUT2D eigenvalue weighted by Gasteiger charge is -2.49. The summed E-state index contributed by atoms with van der Waals surface area (Å²) in [6, 6.07) is 5.48. The van der Waals surface area contributed by atoms with Crippen LogP contribution in [0.15, 0.2) is 18.2 Å². The summed E-state index contributed by atoms with van der Waals surface area (Å²) < 4.78 is 0. The molecule has 0 bridgehead atoms. The minimum atomic E-state index is -0.553. The largest absolute Gasteiger partial charge is 0.322 e. The molecule has 1 aliphatic carbocycles. The molecule has 5 rings (SSSR count). The van der Waals surface area contributed by atoms with E-state index in [2.05, 4.69) is 15.5 Å². The van der Waals surface area contributed by atoms with Crippen LogP contribution in [0.5, 0.6) is 0 Å². The smallest absolute Gasteiger partial charge is 0.255 e. The number of nitrogens with one attached hydrogen (secondary N) is 2. The zero-order valence-electron chi connectivity index (χ0n) is 16.0. The van der Waals surface area contributed by atoms with Gasteiger partial charge < -0.3 is 10.2 Å². The number of hydrogen-bond acceptors (Lipinski definition) is 5. The predicted molar refractivity (Wildman–Crippen MR) is 102 cm³/mol. The Bertz CT molecular complexity index is 848. The number of hydrogen-bond donors (Lipinski definition) is 2. The molecule has 7 heteroatoms. The molecule has 2 saturated heterocycles. The molecule has 1 unspecified atom stereocenters. The summed E-state index contributed by atoms with van der Waals surface area (Å²) in [5, 5.41) is 6.05. The maximum absolute atomic E-state index is 13.2. The van der Waals surface area contributed by atoms with E-state index >= 15 is 0 Å². The number of carbonyl (C=O) groups is 3. The minimum absolute atomic E-state index is 0.0754. The summed E-state index contributed by atoms with van der Waals surface area (Å²) in [5.41, 5.74) is 3.07. The van der Waals surface area contributed by atoms with E-state index in [0.717, 1.165) is 42.9 Å². The normalized spacial score (nSPS) is 26.9. The monoisotopic (exact) mass is 382 g/mol. The summed E-state index contributed by atoms with van der Waals surface area (Å²) in [6.07, 6.45) is 4.45. The van der Waals surface area contributed by atoms with Crippen molar-refractivity contribution in [1.82, 2.24) is 20.4 Å². The lowest BCUT2D eigenvalue weighted by Crippen LogP contribution is -2.63. The molecule has 7 nitrogen and oxygen atoms in total. The van der Waals surface area contributed by atoms with Crippen LogP contribution in [0.25, 0.3) is 0 Å². The molecule has 3 fully saturated rings. The van der Waals surface area contributed by atoms with Gasteiger partial charge in [0, 0.05) is 50.2 Å². The number of benzene rings is 1. The highest BCUT2D eigenvalue weighted by Gasteiger charge is 2.42. The van der Waals surface area contributed by atoms with Crippen LogP contribution in [0.3, 0.4) is 0 Å². The second-order valence-corrected chi connectivity index (χ2v) is 8.62. The van der Waals surface area contributed by atoms with Crippen LogP contribution < -0.4 is 10.6 Å². The molecule has 3 aliphatic heterocycles. The van der Waals surface area contributed by atoms with Crippen LogP contribution in [0.1, 0.15) is 53.6 Å². The van der Waals surface area contributed by atoms with E-state index < -0.39 is 6.04 Å². The summed E-state index contributed by atoms with van der Waals surface area (Å²) >= 11 is 0. The van der Waals surface area contributed by atoms with Crippen molar-refractivity contribution in [3.05, 3.63) is 34.9 Å². The van der Waals surface area contributed by atoms with Gasteiger partial charge in [0.05, 0.1) is 0 Å². The maximum Gasteiger partial charge on any atom is 0.255 e. The standard InChI is InChI=1S/C21H26N4O3/c26-17-6-5-16(19(27)23-17)25-12-15-4-1-3-14(18(15)20(25)28)11-24-10-9-22-21(13-24)7-2-8-21/h1,3-4,16,22H,2,5-13H2,(H,23,26,27). The summed E-state index contributed by atoms with van der Waals surface area (Å²) in [7, 11) is 0. The van der Waals surface area contributed by atoms with Gasteiger partial charge in [0.2, 0.25) is 11.8 Å². The van der Waals surface area contributed by atoms with Crippen molar-refractivity contribution < 1.29 is 14.4 Å². The van der Waals surface area contributed by atoms with E-state index in [0.29, 0.717) is 13.0 Å². The van der Waals surface area contributed by atoms with Crippen molar-refractivity contribution in [3.8, 4) is 0 Å². The second-order valence-electron chi connectivity index (χ2n) is 8.62. The van der Waals surface area contributed by atoms with Crippen LogP contribution in [0, 0.1) is 0 Å². The molecule has 148 valence electrons. The molecule has 2 N–H and O–H groups in total. The van der Waals surface area contributed by atoms with E-state index in [1.54, 1.807) is 4.90 Å². The SMILES string of the molecule is O=C1CCC(N2Cc3cccc(CN4CCNC5(CCC5)C4)c3C2=O)C(=O)N1. The maximum atomic E-state index is 13.2. The third kappa shape index (κ3) is 2.93. The fraction of sp³-hybridized carbons (Fsp3) is 0.571. The van der Waals surface area contributed by atoms with Gasteiger partial charge in [-0.05, 0) is 36.8 Å². The van der Waals surface area contributed by atoms with Gasteiger partial charge in [-0.25, -0.2) is 0 Å². The van der Waals surface area contributed by atoms with E-state index in [4.69, 9.17) is 0 Å². The number of piperazine rings is 1. The van der Waals surface area contributed by atoms with Crippen molar-refractivity contribution in [2.45, 2.75) is 56.8 Å². The van der Waals surface area contributed by atoms with Crippen molar-refractivity contribution in [2.24, 2.45) is 0 Å². The fourth-order valence-corrected chi connectivity index (χ4v) is 5.18. The average molecular weight is 382 g/mol. The van der Waals surface area contributed by atoms with Gasteiger partial charge in [0.15, 0.2) is 0 Å². The Kier molecular flexibility index (Phi) is 4.25. The van der Waals surface area contributed by atoms with Crippen molar-refractivity contribution in [2.75, 3.05) is 19.6 Å². The average Bonchev–Trinajstić information content (AvgIpc) is 2.98. The Morgan fingerprint density at radius 3 is 2.79 bits per heavy atom. The molecule has 1 aromatic carbocycles. The van der Waals surface area contributed by atoms with Gasteiger partial charge in [-0.1, -0.05) is 18.2 Å². The highest BCUT2D eigenvalue weighted by atomic mass is 16.2. The van der Waals surface area contributed by atoms with E-state index in [1.807, 2.05) is 18.2 Å². The summed E-state index contributed by atoms with van der Waals surface area (Å²) in [4.78, 5) is 41.0. The highest BCUT2D eigenvalue weighted by molar-refractivity contribution is 6.05. The summed E-state index contributed by atoms with van der Waals surface area (Å²) in [6.45, 7) is 4.21. The third-order valence-corrected chi connectivity index (χ3v) is 6.80. The van der Waals surface area contributed by atoms with Crippen molar-refractivity contribution in [3.63, 3.8) is 0 Å². The Labute approximate surface area is 164 Å². The van der Waals surface area contributed by atoms with Gasteiger partial charge in [-0.15, -0.1) is 0 Å². The van der Waals surface area contributed by atoms with Crippen LogP contribution in [-0.4, -0.2) is 58.7 Å². The number of amides is 3. The van der Waals surface area contributed by atoms with Crippen LogP contribution in [0.2, 0.25) is 0 Å². The molecule has 1 aromatic rings. The minimum Gasteiger partial charge on any atom is -0.322 e. The van der Waals surface area contributed by atoms with Gasteiger partial charge in [0.25, 0.3) is 5.91 Å². The Morgan fingerprint density at radius 2 is 2.04 bits per heavy atom. The fourth-order valence-electron chi connectivity index (χ4n) is 5.18. The molecule has 0 aromatic heterocycles. The first-order valence-electron chi connectivity index (χ1n) is 10.3. The summed E-state index contributed by atoms with van der Waals surface area (Å²) in [5.74, 6) is -0.684. The van der Waals surface area contributed by atoms with Crippen molar-refractivity contribution >= 4 is 17.7 Å². The van der Waals surface area contributed by atoms with Gasteiger partial charge >= 0.3 is 0 Å². The van der Waals surface area contributed by atoms with E-state index in [-0.39, 0.29) is 29.7 Å². The molecule has 1 spiro atoms. The molecule has 3 heterocycles. The molecular weight excluding hydrogens is 356 g/mol. The Hall–Kier alpha value is -2.25. The first-order chi connectivity index (χ1) is 13.5. The number of rotatable bonds is 3. The Morgan fingerprint density at radius 1 is 1.18 bits per heavy atom. The first kappa shape index (κ1) is 17.8. The van der Waals surface area contributed by atoms with E-state index in [1.165, 1.54) is 19.3 Å². The van der Waals surface area contributed by atoms with Crippen LogP contribution in [-0.2, 0) is 22.7 Å². The van der Waals surface area contributed by atoms with Crippen LogP contribution in [0.4, 0.5) is 0 Å². The molecular formula is C21H26N4O3. The lowest BCUT2D eigenvalue weighted by atomic mass is 9.75. The number of imide groups is 1. The third-order valence-electron chi connectivity index (χ3n) is 6.80. The zero-order valence-corrected chi connectivity index (χ0v) is 16.0. The number of fused-ring (bicyclic) bond motifs is 1. The van der Waals surface area contributed by atoms with Gasteiger partial charge in [-0.2, -0.15) is 0 Å². The Balaban J connectivity index is 1.35.